The molecule has 0 atom stereocenters. The molecule has 0 aliphatic carbocycles. The molecule has 0 radical (unpaired) electrons. The zero-order valence-corrected chi connectivity index (χ0v) is 13.6. The molecule has 2 heterocycles. The molecule has 2 aromatic heterocycles. The van der Waals surface area contributed by atoms with Gasteiger partial charge < -0.3 is 10.1 Å². The number of nitrogens with zero attached hydrogens (tertiary/aromatic N) is 4. The number of anilines is 1. The number of fused-ring (bicyclic) bond motifs is 1. The highest BCUT2D eigenvalue weighted by Gasteiger charge is 2.36. The molecular weight excluding hydrogens is 335 g/mol. The minimum absolute atomic E-state index is 0.0923. The number of hydrogen-bond acceptors (Lipinski definition) is 5. The van der Waals surface area contributed by atoms with E-state index in [0.29, 0.717) is 24.7 Å². The van der Waals surface area contributed by atoms with E-state index in [1.165, 1.54) is 0 Å². The molecule has 0 spiro atoms. The van der Waals surface area contributed by atoms with Crippen LogP contribution in [0.15, 0.2) is 30.3 Å². The lowest BCUT2D eigenvalue weighted by atomic mass is 10.1. The zero-order valence-electron chi connectivity index (χ0n) is 13.6. The van der Waals surface area contributed by atoms with E-state index in [0.717, 1.165) is 15.6 Å². The van der Waals surface area contributed by atoms with Crippen molar-refractivity contribution in [3.05, 3.63) is 53.0 Å². The van der Waals surface area contributed by atoms with Crippen LogP contribution >= 0.6 is 0 Å². The Hall–Kier alpha value is -2.68. The summed E-state index contributed by atoms with van der Waals surface area (Å²) >= 11 is 0. The van der Waals surface area contributed by atoms with Gasteiger partial charge in [-0.2, -0.15) is 22.7 Å². The minimum atomic E-state index is -4.62. The Bertz CT molecular complexity index is 874. The van der Waals surface area contributed by atoms with Crippen molar-refractivity contribution in [1.82, 2.24) is 19.6 Å². The first kappa shape index (κ1) is 17.2. The molecule has 0 fully saturated rings. The largest absolute Gasteiger partial charge is 0.453 e. The summed E-state index contributed by atoms with van der Waals surface area (Å²) in [4.78, 5) is 7.45. The van der Waals surface area contributed by atoms with Crippen molar-refractivity contribution in [2.24, 2.45) is 0 Å². The first-order chi connectivity index (χ1) is 11.9. The number of alkyl halides is 3. The Morgan fingerprint density at radius 2 is 1.80 bits per heavy atom. The molecule has 0 saturated carbocycles. The van der Waals surface area contributed by atoms with E-state index in [9.17, 15) is 13.2 Å². The highest BCUT2D eigenvalue weighted by Crippen LogP contribution is 2.27. The van der Waals surface area contributed by atoms with E-state index in [1.54, 1.807) is 20.1 Å². The van der Waals surface area contributed by atoms with Crippen molar-refractivity contribution >= 4 is 11.6 Å². The SMILES string of the molecule is COCc1ccc(CNc2cc(C)nc3nc(C(F)(F)F)nn23)cc1. The molecule has 132 valence electrons. The van der Waals surface area contributed by atoms with Gasteiger partial charge in [-0.15, -0.1) is 5.10 Å². The summed E-state index contributed by atoms with van der Waals surface area (Å²) in [5.41, 5.74) is 2.56. The standard InChI is InChI=1S/C16H16F3N5O/c1-10-7-13(20-8-11-3-5-12(6-4-11)9-25-2)24-15(21-10)22-14(23-24)16(17,18)19/h3-7,20H,8-9H2,1-2H3. The van der Waals surface area contributed by atoms with Crippen molar-refractivity contribution in [3.63, 3.8) is 0 Å². The van der Waals surface area contributed by atoms with Gasteiger partial charge in [0.15, 0.2) is 0 Å². The first-order valence-electron chi connectivity index (χ1n) is 7.49. The summed E-state index contributed by atoms with van der Waals surface area (Å²) in [6.07, 6.45) is -4.62. The molecule has 9 heteroatoms. The minimum Gasteiger partial charge on any atom is -0.380 e. The molecule has 3 aromatic rings. The third-order valence-electron chi connectivity index (χ3n) is 3.50. The Morgan fingerprint density at radius 3 is 2.44 bits per heavy atom. The summed E-state index contributed by atoms with van der Waals surface area (Å²) in [6, 6.07) is 9.35. The van der Waals surface area contributed by atoms with Gasteiger partial charge >= 0.3 is 6.18 Å². The van der Waals surface area contributed by atoms with E-state index >= 15 is 0 Å². The molecule has 0 amide bonds. The fourth-order valence-corrected chi connectivity index (χ4v) is 2.35. The van der Waals surface area contributed by atoms with Crippen LogP contribution in [0.25, 0.3) is 5.78 Å². The van der Waals surface area contributed by atoms with E-state index in [-0.39, 0.29) is 5.78 Å². The zero-order chi connectivity index (χ0) is 18.0. The molecular formula is C16H16F3N5O. The smallest absolute Gasteiger partial charge is 0.380 e. The normalized spacial score (nSPS) is 11.9. The number of methoxy groups -OCH3 is 1. The topological polar surface area (TPSA) is 64.3 Å². The van der Waals surface area contributed by atoms with Crippen LogP contribution in [-0.4, -0.2) is 26.7 Å². The predicted octanol–water partition coefficient (Wildman–Crippen LogP) is 3.21. The lowest BCUT2D eigenvalue weighted by molar-refractivity contribution is -0.144. The van der Waals surface area contributed by atoms with Crippen LogP contribution in [0, 0.1) is 6.92 Å². The van der Waals surface area contributed by atoms with Gasteiger partial charge in [-0.05, 0) is 18.1 Å². The van der Waals surface area contributed by atoms with Gasteiger partial charge in [-0.3, -0.25) is 0 Å². The van der Waals surface area contributed by atoms with Gasteiger partial charge in [0.1, 0.15) is 5.82 Å². The Morgan fingerprint density at radius 1 is 1.12 bits per heavy atom. The lowest BCUT2D eigenvalue weighted by Crippen LogP contribution is -2.09. The predicted molar refractivity (Wildman–Crippen MR) is 85.0 cm³/mol. The Labute approximate surface area is 141 Å². The van der Waals surface area contributed by atoms with Gasteiger partial charge in [0.2, 0.25) is 0 Å². The summed E-state index contributed by atoms with van der Waals surface area (Å²) in [5.74, 6) is -0.908. The van der Waals surface area contributed by atoms with Crippen LogP contribution in [0.5, 0.6) is 0 Å². The summed E-state index contributed by atoms with van der Waals surface area (Å²) < 4.78 is 44.6. The van der Waals surface area contributed by atoms with Crippen molar-refractivity contribution < 1.29 is 17.9 Å². The van der Waals surface area contributed by atoms with Crippen LogP contribution in [0.1, 0.15) is 22.6 Å². The number of ether oxygens (including phenoxy) is 1. The summed E-state index contributed by atoms with van der Waals surface area (Å²) in [5, 5.41) is 6.60. The van der Waals surface area contributed by atoms with Gasteiger partial charge in [0.05, 0.1) is 6.61 Å². The van der Waals surface area contributed by atoms with Crippen LogP contribution in [0.4, 0.5) is 19.0 Å². The van der Waals surface area contributed by atoms with Crippen LogP contribution in [0.3, 0.4) is 0 Å². The molecule has 1 aromatic carbocycles. The Kier molecular flexibility index (Phi) is 4.58. The molecule has 0 bridgehead atoms. The second-order valence-electron chi connectivity index (χ2n) is 5.53. The van der Waals surface area contributed by atoms with Crippen molar-refractivity contribution in [1.29, 1.82) is 0 Å². The molecule has 1 N–H and O–H groups in total. The second kappa shape index (κ2) is 6.67. The Balaban J connectivity index is 1.84. The monoisotopic (exact) mass is 351 g/mol. The third kappa shape index (κ3) is 3.87. The second-order valence-corrected chi connectivity index (χ2v) is 5.53. The van der Waals surface area contributed by atoms with Crippen LogP contribution in [-0.2, 0) is 24.1 Å². The van der Waals surface area contributed by atoms with Crippen LogP contribution < -0.4 is 5.32 Å². The number of halogens is 3. The molecule has 3 rings (SSSR count). The maximum Gasteiger partial charge on any atom is 0.453 e. The average Bonchev–Trinajstić information content (AvgIpc) is 2.98. The molecule has 0 unspecified atom stereocenters. The van der Waals surface area contributed by atoms with Crippen molar-refractivity contribution in [2.45, 2.75) is 26.3 Å². The quantitative estimate of drug-likeness (QED) is 0.765. The third-order valence-corrected chi connectivity index (χ3v) is 3.50. The number of aryl methyl sites for hydroxylation is 1. The highest BCUT2D eigenvalue weighted by molar-refractivity contribution is 5.46. The first-order valence-corrected chi connectivity index (χ1v) is 7.49. The number of benzene rings is 1. The lowest BCUT2D eigenvalue weighted by Gasteiger charge is -2.09. The van der Waals surface area contributed by atoms with Gasteiger partial charge in [0.25, 0.3) is 11.6 Å². The fraction of sp³-hybridized carbons (Fsp3) is 0.312. The molecule has 0 aliphatic rings. The number of nitrogens with one attached hydrogen (secondary N) is 1. The molecule has 0 saturated heterocycles. The van der Waals surface area contributed by atoms with Crippen molar-refractivity contribution in [3.8, 4) is 0 Å². The van der Waals surface area contributed by atoms with Gasteiger partial charge in [-0.25, -0.2) is 4.98 Å². The number of hydrogen-bond donors (Lipinski definition) is 1. The maximum atomic E-state index is 12.8. The number of rotatable bonds is 5. The molecule has 6 nitrogen and oxygen atoms in total. The number of aromatic nitrogens is 4. The van der Waals surface area contributed by atoms with Gasteiger partial charge in [-0.1, -0.05) is 24.3 Å². The summed E-state index contributed by atoms with van der Waals surface area (Å²) in [7, 11) is 1.62. The van der Waals surface area contributed by atoms with Gasteiger partial charge in [0, 0.05) is 25.4 Å². The maximum absolute atomic E-state index is 12.8. The summed E-state index contributed by atoms with van der Waals surface area (Å²) in [6.45, 7) is 2.64. The van der Waals surface area contributed by atoms with E-state index in [2.05, 4.69) is 20.4 Å². The average molecular weight is 351 g/mol. The van der Waals surface area contributed by atoms with E-state index < -0.39 is 12.0 Å². The molecule has 0 aliphatic heterocycles. The van der Waals surface area contributed by atoms with E-state index in [1.807, 2.05) is 24.3 Å². The molecule has 25 heavy (non-hydrogen) atoms. The highest BCUT2D eigenvalue weighted by atomic mass is 19.4. The van der Waals surface area contributed by atoms with E-state index in [4.69, 9.17) is 4.74 Å². The van der Waals surface area contributed by atoms with Crippen LogP contribution in [0.2, 0.25) is 0 Å². The van der Waals surface area contributed by atoms with Crippen molar-refractivity contribution in [2.75, 3.05) is 12.4 Å². The fourth-order valence-electron chi connectivity index (χ4n) is 2.35.